The van der Waals surface area contributed by atoms with Crippen LogP contribution in [0.15, 0.2) is 18.7 Å². The van der Waals surface area contributed by atoms with Crippen LogP contribution in [0.2, 0.25) is 0 Å². The predicted octanol–water partition coefficient (Wildman–Crippen LogP) is 2.80. The number of nitrogens with zero attached hydrogens (tertiary/aromatic N) is 5. The first kappa shape index (κ1) is 20.8. The standard InChI is InChI=1S/C17H25N5O2.C2H3N/c1-23-15(24-2)7-14-16(19-11-20-17(14)18)13-8-21-22(10-13)9-12-5-3-4-6-12;1-2-3/h8,10-12,15H,3-7,9H2,1-2H3,(H2,18,19,20);1H3. The van der Waals surface area contributed by atoms with Gasteiger partial charge in [0, 0.05) is 51.4 Å². The monoisotopic (exact) mass is 372 g/mol. The van der Waals surface area contributed by atoms with Crippen LogP contribution in [0.4, 0.5) is 5.82 Å². The topological polar surface area (TPSA) is 112 Å². The lowest BCUT2D eigenvalue weighted by atomic mass is 10.1. The number of hydrogen-bond acceptors (Lipinski definition) is 7. The summed E-state index contributed by atoms with van der Waals surface area (Å²) in [6, 6.07) is 1.75. The molecule has 1 fully saturated rings. The zero-order valence-corrected chi connectivity index (χ0v) is 16.3. The number of nitriles is 1. The first-order valence-electron chi connectivity index (χ1n) is 9.11. The van der Waals surface area contributed by atoms with Gasteiger partial charge >= 0.3 is 0 Å². The smallest absolute Gasteiger partial charge is 0.161 e. The second kappa shape index (κ2) is 10.6. The summed E-state index contributed by atoms with van der Waals surface area (Å²) >= 11 is 0. The van der Waals surface area contributed by atoms with Gasteiger partial charge in [-0.1, -0.05) is 12.8 Å². The van der Waals surface area contributed by atoms with Gasteiger partial charge in [-0.05, 0) is 18.8 Å². The van der Waals surface area contributed by atoms with E-state index in [4.69, 9.17) is 20.5 Å². The van der Waals surface area contributed by atoms with Gasteiger partial charge in [-0.25, -0.2) is 9.97 Å². The summed E-state index contributed by atoms with van der Waals surface area (Å²) in [4.78, 5) is 8.53. The maximum atomic E-state index is 7.32. The van der Waals surface area contributed by atoms with E-state index < -0.39 is 0 Å². The molecule has 0 spiro atoms. The largest absolute Gasteiger partial charge is 0.383 e. The van der Waals surface area contributed by atoms with E-state index in [1.54, 1.807) is 20.3 Å². The molecule has 0 atom stereocenters. The lowest BCUT2D eigenvalue weighted by Gasteiger charge is -2.16. The molecule has 0 amide bonds. The molecule has 3 rings (SSSR count). The van der Waals surface area contributed by atoms with Crippen LogP contribution in [0, 0.1) is 17.2 Å². The Labute approximate surface area is 160 Å². The molecule has 2 heterocycles. The van der Waals surface area contributed by atoms with Gasteiger partial charge in [0.15, 0.2) is 6.29 Å². The van der Waals surface area contributed by atoms with Crippen LogP contribution in [0.25, 0.3) is 11.3 Å². The van der Waals surface area contributed by atoms with Gasteiger partial charge in [0.05, 0.1) is 18.0 Å². The van der Waals surface area contributed by atoms with Crippen LogP contribution in [0.3, 0.4) is 0 Å². The minimum absolute atomic E-state index is 0.384. The highest BCUT2D eigenvalue weighted by atomic mass is 16.7. The van der Waals surface area contributed by atoms with Crippen LogP contribution >= 0.6 is 0 Å². The summed E-state index contributed by atoms with van der Waals surface area (Å²) in [5, 5.41) is 11.8. The van der Waals surface area contributed by atoms with Crippen LogP contribution in [-0.4, -0.2) is 40.3 Å². The Balaban J connectivity index is 0.000000817. The number of hydrogen-bond donors (Lipinski definition) is 1. The van der Waals surface area contributed by atoms with Crippen molar-refractivity contribution >= 4 is 5.82 Å². The van der Waals surface area contributed by atoms with Gasteiger partial charge in [0.1, 0.15) is 12.1 Å². The lowest BCUT2D eigenvalue weighted by molar-refractivity contribution is -0.100. The molecule has 0 radical (unpaired) electrons. The molecule has 0 saturated heterocycles. The van der Waals surface area contributed by atoms with Crippen LogP contribution in [-0.2, 0) is 22.4 Å². The zero-order valence-electron chi connectivity index (χ0n) is 16.3. The Hall–Kier alpha value is -2.50. The number of nitrogen functional groups attached to an aromatic ring is 1. The second-order valence-corrected chi connectivity index (χ2v) is 6.52. The molecule has 2 aromatic heterocycles. The number of ether oxygens (including phenoxy) is 2. The minimum Gasteiger partial charge on any atom is -0.383 e. The van der Waals surface area contributed by atoms with Gasteiger partial charge < -0.3 is 15.2 Å². The molecule has 8 heteroatoms. The maximum absolute atomic E-state index is 7.32. The SMILES string of the molecule is CC#N.COC(Cc1c(N)ncnc1-c1cnn(CC2CCCC2)c1)OC. The molecule has 146 valence electrons. The van der Waals surface area contributed by atoms with E-state index in [1.165, 1.54) is 38.9 Å². The average Bonchev–Trinajstić information content (AvgIpc) is 3.34. The molecule has 1 saturated carbocycles. The first-order valence-corrected chi connectivity index (χ1v) is 9.11. The van der Waals surface area contributed by atoms with E-state index in [0.717, 1.165) is 29.3 Å². The average molecular weight is 372 g/mol. The molecule has 27 heavy (non-hydrogen) atoms. The molecule has 0 unspecified atom stereocenters. The van der Waals surface area contributed by atoms with Gasteiger partial charge in [0.25, 0.3) is 0 Å². The summed E-state index contributed by atoms with van der Waals surface area (Å²) in [6.07, 6.45) is 10.7. The molecular weight excluding hydrogens is 344 g/mol. The molecule has 2 aromatic rings. The Bertz CT molecular complexity index is 745. The maximum Gasteiger partial charge on any atom is 0.161 e. The summed E-state index contributed by atoms with van der Waals surface area (Å²) in [6.45, 7) is 2.40. The van der Waals surface area contributed by atoms with Gasteiger partial charge in [0.2, 0.25) is 0 Å². The van der Waals surface area contributed by atoms with Crippen molar-refractivity contribution in [2.24, 2.45) is 5.92 Å². The summed E-state index contributed by atoms with van der Waals surface area (Å²) in [5.41, 5.74) is 8.63. The molecule has 2 N–H and O–H groups in total. The van der Waals surface area contributed by atoms with Crippen molar-refractivity contribution in [3.8, 4) is 17.3 Å². The fraction of sp³-hybridized carbons (Fsp3) is 0.579. The fourth-order valence-electron chi connectivity index (χ4n) is 3.35. The molecule has 0 aliphatic heterocycles. The number of nitrogens with two attached hydrogens (primary N) is 1. The molecule has 1 aliphatic carbocycles. The highest BCUT2D eigenvalue weighted by Crippen LogP contribution is 2.28. The molecule has 1 aliphatic rings. The van der Waals surface area contributed by atoms with Gasteiger partial charge in [-0.3, -0.25) is 4.68 Å². The normalized spacial score (nSPS) is 14.0. The zero-order chi connectivity index (χ0) is 19.6. The quantitative estimate of drug-likeness (QED) is 0.744. The van der Waals surface area contributed by atoms with E-state index in [-0.39, 0.29) is 6.29 Å². The first-order chi connectivity index (χ1) is 13.1. The lowest BCUT2D eigenvalue weighted by Crippen LogP contribution is -2.18. The molecule has 0 aromatic carbocycles. The van der Waals surface area contributed by atoms with E-state index in [2.05, 4.69) is 15.1 Å². The summed E-state index contributed by atoms with van der Waals surface area (Å²) in [5.74, 6) is 1.18. The second-order valence-electron chi connectivity index (χ2n) is 6.52. The van der Waals surface area contributed by atoms with Crippen molar-refractivity contribution in [3.05, 3.63) is 24.3 Å². The van der Waals surface area contributed by atoms with Crippen LogP contribution in [0.5, 0.6) is 0 Å². The third kappa shape index (κ3) is 5.74. The van der Waals surface area contributed by atoms with Crippen LogP contribution in [0.1, 0.15) is 38.2 Å². The number of rotatable bonds is 7. The Morgan fingerprint density at radius 1 is 1.30 bits per heavy atom. The summed E-state index contributed by atoms with van der Waals surface area (Å²) < 4.78 is 12.6. The third-order valence-electron chi connectivity index (χ3n) is 4.70. The summed E-state index contributed by atoms with van der Waals surface area (Å²) in [7, 11) is 3.21. The minimum atomic E-state index is -0.384. The van der Waals surface area contributed by atoms with Crippen molar-refractivity contribution in [1.29, 1.82) is 5.26 Å². The third-order valence-corrected chi connectivity index (χ3v) is 4.70. The van der Waals surface area contributed by atoms with Crippen molar-refractivity contribution in [3.63, 3.8) is 0 Å². The Morgan fingerprint density at radius 3 is 2.59 bits per heavy atom. The fourth-order valence-corrected chi connectivity index (χ4v) is 3.35. The highest BCUT2D eigenvalue weighted by molar-refractivity contribution is 5.66. The Kier molecular flexibility index (Phi) is 8.17. The molecule has 0 bridgehead atoms. The van der Waals surface area contributed by atoms with Crippen molar-refractivity contribution in [1.82, 2.24) is 19.7 Å². The van der Waals surface area contributed by atoms with Crippen molar-refractivity contribution < 1.29 is 9.47 Å². The van der Waals surface area contributed by atoms with Crippen LogP contribution < -0.4 is 5.73 Å². The van der Waals surface area contributed by atoms with E-state index in [0.29, 0.717) is 12.2 Å². The Morgan fingerprint density at radius 2 is 1.96 bits per heavy atom. The van der Waals surface area contributed by atoms with Gasteiger partial charge in [-0.15, -0.1) is 0 Å². The van der Waals surface area contributed by atoms with Crippen molar-refractivity contribution in [2.75, 3.05) is 20.0 Å². The number of methoxy groups -OCH3 is 2. The van der Waals surface area contributed by atoms with E-state index in [9.17, 15) is 0 Å². The van der Waals surface area contributed by atoms with Crippen molar-refractivity contribution in [2.45, 2.75) is 51.9 Å². The van der Waals surface area contributed by atoms with Gasteiger partial charge in [-0.2, -0.15) is 10.4 Å². The van der Waals surface area contributed by atoms with E-state index in [1.807, 2.05) is 17.1 Å². The number of aromatic nitrogens is 4. The molecule has 8 nitrogen and oxygen atoms in total. The molecular formula is C19H28N6O2. The number of anilines is 1. The van der Waals surface area contributed by atoms with E-state index >= 15 is 0 Å². The predicted molar refractivity (Wildman–Crippen MR) is 102 cm³/mol. The highest BCUT2D eigenvalue weighted by Gasteiger charge is 2.19.